The first-order valence-electron chi connectivity index (χ1n) is 8.70. The molecule has 2 fully saturated rings. The van der Waals surface area contributed by atoms with Crippen molar-refractivity contribution in [3.05, 3.63) is 0 Å². The number of urea groups is 1. The van der Waals surface area contributed by atoms with Crippen LogP contribution in [0.15, 0.2) is 0 Å². The number of morpholine rings is 1. The molecule has 1 N–H and O–H groups in total. The molecule has 0 saturated carbocycles. The molecule has 22 heavy (non-hydrogen) atoms. The second kappa shape index (κ2) is 9.33. The minimum absolute atomic E-state index is 0.105. The van der Waals surface area contributed by atoms with Gasteiger partial charge >= 0.3 is 6.03 Å². The van der Waals surface area contributed by atoms with Crippen LogP contribution in [0.4, 0.5) is 4.79 Å². The van der Waals surface area contributed by atoms with Gasteiger partial charge in [-0.2, -0.15) is 0 Å². The molecule has 6 nitrogen and oxygen atoms in total. The second-order valence-corrected chi connectivity index (χ2v) is 6.70. The van der Waals surface area contributed by atoms with E-state index in [-0.39, 0.29) is 6.03 Å². The van der Waals surface area contributed by atoms with Crippen LogP contribution >= 0.6 is 0 Å². The Labute approximate surface area is 134 Å². The Bertz CT molecular complexity index is 324. The van der Waals surface area contributed by atoms with Gasteiger partial charge < -0.3 is 15.0 Å². The van der Waals surface area contributed by atoms with E-state index in [0.717, 1.165) is 78.5 Å². The number of rotatable bonds is 6. The summed E-state index contributed by atoms with van der Waals surface area (Å²) >= 11 is 0. The van der Waals surface area contributed by atoms with Crippen LogP contribution in [0, 0.1) is 5.92 Å². The van der Waals surface area contributed by atoms with Gasteiger partial charge in [0.25, 0.3) is 0 Å². The lowest BCUT2D eigenvalue weighted by Crippen LogP contribution is -2.53. The first-order chi connectivity index (χ1) is 10.6. The van der Waals surface area contributed by atoms with Gasteiger partial charge in [-0.05, 0) is 12.3 Å². The summed E-state index contributed by atoms with van der Waals surface area (Å²) < 4.78 is 5.37. The SMILES string of the molecule is CC(C)CCNC(=O)N1CCN(CCN2CCOCC2)CC1. The van der Waals surface area contributed by atoms with Gasteiger partial charge in [0.15, 0.2) is 0 Å². The molecule has 2 aliphatic rings. The number of nitrogens with zero attached hydrogens (tertiary/aromatic N) is 3. The molecule has 0 atom stereocenters. The number of hydrogen-bond donors (Lipinski definition) is 1. The van der Waals surface area contributed by atoms with E-state index in [9.17, 15) is 4.79 Å². The van der Waals surface area contributed by atoms with E-state index in [2.05, 4.69) is 29.0 Å². The van der Waals surface area contributed by atoms with Crippen molar-refractivity contribution in [3.63, 3.8) is 0 Å². The van der Waals surface area contributed by atoms with Crippen molar-refractivity contribution in [2.24, 2.45) is 5.92 Å². The number of nitrogens with one attached hydrogen (secondary N) is 1. The van der Waals surface area contributed by atoms with Crippen LogP contribution in [0.2, 0.25) is 0 Å². The molecule has 0 aromatic carbocycles. The van der Waals surface area contributed by atoms with E-state index in [1.807, 2.05) is 4.90 Å². The lowest BCUT2D eigenvalue weighted by Gasteiger charge is -2.36. The van der Waals surface area contributed by atoms with Gasteiger partial charge in [0.2, 0.25) is 0 Å². The molecule has 6 heteroatoms. The summed E-state index contributed by atoms with van der Waals surface area (Å²) in [6.45, 7) is 14.9. The summed E-state index contributed by atoms with van der Waals surface area (Å²) in [5, 5.41) is 3.03. The van der Waals surface area contributed by atoms with E-state index in [0.29, 0.717) is 5.92 Å². The molecule has 0 aromatic heterocycles. The van der Waals surface area contributed by atoms with E-state index in [4.69, 9.17) is 4.74 Å². The number of ether oxygens (including phenoxy) is 1. The van der Waals surface area contributed by atoms with Crippen molar-refractivity contribution >= 4 is 6.03 Å². The maximum atomic E-state index is 12.1. The zero-order chi connectivity index (χ0) is 15.8. The first-order valence-corrected chi connectivity index (χ1v) is 8.70. The van der Waals surface area contributed by atoms with Gasteiger partial charge in [0.05, 0.1) is 13.2 Å². The summed E-state index contributed by atoms with van der Waals surface area (Å²) in [5.74, 6) is 0.636. The molecule has 0 aromatic rings. The van der Waals surface area contributed by atoms with E-state index in [1.54, 1.807) is 0 Å². The Kier molecular flexibility index (Phi) is 7.42. The van der Waals surface area contributed by atoms with Crippen LogP contribution < -0.4 is 5.32 Å². The number of hydrogen-bond acceptors (Lipinski definition) is 4. The van der Waals surface area contributed by atoms with E-state index < -0.39 is 0 Å². The van der Waals surface area contributed by atoms with Gasteiger partial charge in [-0.25, -0.2) is 4.79 Å². The Hall–Kier alpha value is -0.850. The van der Waals surface area contributed by atoms with Gasteiger partial charge in [-0.1, -0.05) is 13.8 Å². The van der Waals surface area contributed by atoms with Gasteiger partial charge in [-0.15, -0.1) is 0 Å². The minimum Gasteiger partial charge on any atom is -0.379 e. The van der Waals surface area contributed by atoms with Crippen molar-refractivity contribution in [1.82, 2.24) is 20.0 Å². The predicted octanol–water partition coefficient (Wildman–Crippen LogP) is 0.692. The van der Waals surface area contributed by atoms with Crippen molar-refractivity contribution in [2.45, 2.75) is 20.3 Å². The quantitative estimate of drug-likeness (QED) is 0.784. The van der Waals surface area contributed by atoms with Crippen LogP contribution in [0.1, 0.15) is 20.3 Å². The largest absolute Gasteiger partial charge is 0.379 e. The van der Waals surface area contributed by atoms with Gasteiger partial charge in [0.1, 0.15) is 0 Å². The van der Waals surface area contributed by atoms with Gasteiger partial charge in [0, 0.05) is 58.9 Å². The lowest BCUT2D eigenvalue weighted by atomic mass is 10.1. The third-order valence-corrected chi connectivity index (χ3v) is 4.49. The molecular weight excluding hydrogens is 280 g/mol. The molecule has 0 unspecified atom stereocenters. The molecule has 2 heterocycles. The highest BCUT2D eigenvalue weighted by Gasteiger charge is 2.21. The van der Waals surface area contributed by atoms with Crippen molar-refractivity contribution in [1.29, 1.82) is 0 Å². The van der Waals surface area contributed by atoms with Crippen molar-refractivity contribution < 1.29 is 9.53 Å². The maximum Gasteiger partial charge on any atom is 0.317 e. The monoisotopic (exact) mass is 312 g/mol. The summed E-state index contributed by atoms with van der Waals surface area (Å²) in [5.41, 5.74) is 0. The van der Waals surface area contributed by atoms with Crippen LogP contribution in [-0.2, 0) is 4.74 Å². The third kappa shape index (κ3) is 6.10. The zero-order valence-corrected chi connectivity index (χ0v) is 14.2. The molecule has 2 amide bonds. The average Bonchev–Trinajstić information content (AvgIpc) is 2.54. The molecular formula is C16H32N4O2. The molecule has 0 aliphatic carbocycles. The predicted molar refractivity (Wildman–Crippen MR) is 88.1 cm³/mol. The summed E-state index contributed by atoms with van der Waals surface area (Å²) in [7, 11) is 0. The fourth-order valence-corrected chi connectivity index (χ4v) is 2.86. The minimum atomic E-state index is 0.105. The van der Waals surface area contributed by atoms with Gasteiger partial charge in [-0.3, -0.25) is 9.80 Å². The molecule has 0 radical (unpaired) electrons. The molecule has 0 bridgehead atoms. The smallest absolute Gasteiger partial charge is 0.317 e. The average molecular weight is 312 g/mol. The lowest BCUT2D eigenvalue weighted by molar-refractivity contribution is 0.0309. The normalized spacial score (nSPS) is 21.3. The Morgan fingerprint density at radius 1 is 1.00 bits per heavy atom. The third-order valence-electron chi connectivity index (χ3n) is 4.49. The highest BCUT2D eigenvalue weighted by atomic mass is 16.5. The van der Waals surface area contributed by atoms with Crippen LogP contribution in [0.3, 0.4) is 0 Å². The fourth-order valence-electron chi connectivity index (χ4n) is 2.86. The highest BCUT2D eigenvalue weighted by Crippen LogP contribution is 2.04. The first kappa shape index (κ1) is 17.5. The standard InChI is InChI=1S/C16H32N4O2/c1-15(2)3-4-17-16(21)20-9-7-18(8-10-20)5-6-19-11-13-22-14-12-19/h15H,3-14H2,1-2H3,(H,17,21). The fraction of sp³-hybridized carbons (Fsp3) is 0.938. The second-order valence-electron chi connectivity index (χ2n) is 6.70. The van der Waals surface area contributed by atoms with E-state index in [1.165, 1.54) is 0 Å². The van der Waals surface area contributed by atoms with Crippen molar-refractivity contribution in [2.75, 3.05) is 72.1 Å². The number of carbonyl (C=O) groups excluding carboxylic acids is 1. The van der Waals surface area contributed by atoms with Crippen LogP contribution in [-0.4, -0.2) is 92.8 Å². The molecule has 2 rings (SSSR count). The molecule has 2 aliphatic heterocycles. The topological polar surface area (TPSA) is 48.1 Å². The molecule has 0 spiro atoms. The molecule has 2 saturated heterocycles. The Balaban J connectivity index is 1.57. The zero-order valence-electron chi connectivity index (χ0n) is 14.2. The van der Waals surface area contributed by atoms with E-state index >= 15 is 0 Å². The highest BCUT2D eigenvalue weighted by molar-refractivity contribution is 5.74. The number of carbonyl (C=O) groups is 1. The molecule has 128 valence electrons. The van der Waals surface area contributed by atoms with Crippen molar-refractivity contribution in [3.8, 4) is 0 Å². The van der Waals surface area contributed by atoms with Crippen LogP contribution in [0.25, 0.3) is 0 Å². The summed E-state index contributed by atoms with van der Waals surface area (Å²) in [6.07, 6.45) is 1.05. The summed E-state index contributed by atoms with van der Waals surface area (Å²) in [4.78, 5) is 18.9. The Morgan fingerprint density at radius 2 is 1.59 bits per heavy atom. The Morgan fingerprint density at radius 3 is 2.18 bits per heavy atom. The number of amides is 2. The number of piperazine rings is 1. The summed E-state index contributed by atoms with van der Waals surface area (Å²) in [6, 6.07) is 0.105. The van der Waals surface area contributed by atoms with Crippen LogP contribution in [0.5, 0.6) is 0 Å². The maximum absolute atomic E-state index is 12.1.